The molecule has 0 radical (unpaired) electrons. The second-order valence-corrected chi connectivity index (χ2v) is 3.68. The van der Waals surface area contributed by atoms with Crippen LogP contribution in [0.2, 0.25) is 0 Å². The van der Waals surface area contributed by atoms with Crippen LogP contribution in [0.3, 0.4) is 0 Å². The molecule has 11 heavy (non-hydrogen) atoms. The Hall–Kier alpha value is -0.580. The third kappa shape index (κ3) is 1.71. The highest BCUT2D eigenvalue weighted by Crippen LogP contribution is 2.31. The molecule has 1 rings (SSSR count). The molecule has 0 saturated carbocycles. The van der Waals surface area contributed by atoms with Gasteiger partial charge in [0.1, 0.15) is 5.75 Å². The molecule has 0 fully saturated rings. The predicted molar refractivity (Wildman–Crippen MR) is 44.7 cm³/mol. The molecule has 4 heteroatoms. The first-order chi connectivity index (χ1) is 5.15. The summed E-state index contributed by atoms with van der Waals surface area (Å²) in [5, 5.41) is 17.9. The van der Waals surface area contributed by atoms with E-state index in [1.807, 2.05) is 6.92 Å². The highest BCUT2D eigenvalue weighted by molar-refractivity contribution is 7.12. The fourth-order valence-electron chi connectivity index (χ4n) is 0.867. The summed E-state index contributed by atoms with van der Waals surface area (Å²) in [6.45, 7) is 1.76. The SMILES string of the molecule is Cc1cc(O)c(C(N)CO)s1. The number of aliphatic hydroxyl groups excluding tert-OH is 1. The summed E-state index contributed by atoms with van der Waals surface area (Å²) in [6.07, 6.45) is 0. The van der Waals surface area contributed by atoms with Gasteiger partial charge in [-0.15, -0.1) is 11.3 Å². The first-order valence-corrected chi connectivity index (χ1v) is 4.12. The molecular weight excluding hydrogens is 162 g/mol. The number of nitrogens with two attached hydrogens (primary N) is 1. The standard InChI is InChI=1S/C7H11NO2S/c1-4-2-6(10)7(11-4)5(8)3-9/h2,5,9-10H,3,8H2,1H3. The topological polar surface area (TPSA) is 66.5 Å². The average molecular weight is 173 g/mol. The van der Waals surface area contributed by atoms with Gasteiger partial charge in [0.05, 0.1) is 17.5 Å². The van der Waals surface area contributed by atoms with Crippen molar-refractivity contribution in [3.8, 4) is 5.75 Å². The molecule has 0 aliphatic carbocycles. The summed E-state index contributed by atoms with van der Waals surface area (Å²) < 4.78 is 0. The number of hydrogen-bond acceptors (Lipinski definition) is 4. The monoisotopic (exact) mass is 173 g/mol. The van der Waals surface area contributed by atoms with Gasteiger partial charge in [0.25, 0.3) is 0 Å². The zero-order chi connectivity index (χ0) is 8.43. The second kappa shape index (κ2) is 3.21. The quantitative estimate of drug-likeness (QED) is 0.618. The van der Waals surface area contributed by atoms with Crippen molar-refractivity contribution in [2.75, 3.05) is 6.61 Å². The van der Waals surface area contributed by atoms with E-state index in [-0.39, 0.29) is 12.4 Å². The van der Waals surface area contributed by atoms with Crippen LogP contribution in [0.4, 0.5) is 0 Å². The molecule has 0 spiro atoms. The van der Waals surface area contributed by atoms with E-state index < -0.39 is 6.04 Å². The summed E-state index contributed by atoms with van der Waals surface area (Å²) >= 11 is 1.41. The van der Waals surface area contributed by atoms with Crippen molar-refractivity contribution in [2.45, 2.75) is 13.0 Å². The summed E-state index contributed by atoms with van der Waals surface area (Å²) in [4.78, 5) is 1.66. The van der Waals surface area contributed by atoms with Crippen LogP contribution in [-0.2, 0) is 0 Å². The van der Waals surface area contributed by atoms with Crippen molar-refractivity contribution < 1.29 is 10.2 Å². The van der Waals surface area contributed by atoms with Crippen LogP contribution >= 0.6 is 11.3 Å². The Morgan fingerprint density at radius 2 is 2.36 bits per heavy atom. The van der Waals surface area contributed by atoms with Gasteiger partial charge in [-0.1, -0.05) is 0 Å². The zero-order valence-electron chi connectivity index (χ0n) is 6.24. The number of thiophene rings is 1. The van der Waals surface area contributed by atoms with Crippen molar-refractivity contribution in [1.82, 2.24) is 0 Å². The highest BCUT2D eigenvalue weighted by atomic mass is 32.1. The van der Waals surface area contributed by atoms with E-state index >= 15 is 0 Å². The third-order valence-electron chi connectivity index (χ3n) is 1.40. The molecule has 0 aliphatic rings. The van der Waals surface area contributed by atoms with Crippen molar-refractivity contribution >= 4 is 11.3 Å². The van der Waals surface area contributed by atoms with Gasteiger partial charge in [-0.05, 0) is 13.0 Å². The molecule has 1 aromatic rings. The van der Waals surface area contributed by atoms with Gasteiger partial charge in [-0.3, -0.25) is 0 Å². The van der Waals surface area contributed by atoms with Crippen molar-refractivity contribution in [1.29, 1.82) is 0 Å². The molecule has 0 saturated heterocycles. The minimum Gasteiger partial charge on any atom is -0.507 e. The molecule has 1 heterocycles. The Balaban J connectivity index is 2.93. The van der Waals surface area contributed by atoms with Gasteiger partial charge in [0.15, 0.2) is 0 Å². The van der Waals surface area contributed by atoms with E-state index in [9.17, 15) is 5.11 Å². The van der Waals surface area contributed by atoms with E-state index in [0.717, 1.165) is 4.88 Å². The predicted octanol–water partition coefficient (Wildman–Crippen LogP) is 0.754. The maximum atomic E-state index is 9.25. The van der Waals surface area contributed by atoms with Gasteiger partial charge in [0.2, 0.25) is 0 Å². The van der Waals surface area contributed by atoms with Crippen LogP contribution < -0.4 is 5.73 Å². The smallest absolute Gasteiger partial charge is 0.131 e. The van der Waals surface area contributed by atoms with Gasteiger partial charge in [0, 0.05) is 4.88 Å². The largest absolute Gasteiger partial charge is 0.507 e. The maximum absolute atomic E-state index is 9.25. The van der Waals surface area contributed by atoms with Gasteiger partial charge in [-0.25, -0.2) is 0 Å². The number of aryl methyl sites for hydroxylation is 1. The minimum absolute atomic E-state index is 0.131. The lowest BCUT2D eigenvalue weighted by molar-refractivity contribution is 0.267. The van der Waals surface area contributed by atoms with Crippen LogP contribution in [0, 0.1) is 6.92 Å². The molecular formula is C7H11NO2S. The third-order valence-corrected chi connectivity index (χ3v) is 2.57. The first kappa shape index (κ1) is 8.52. The van der Waals surface area contributed by atoms with Gasteiger partial charge in [-0.2, -0.15) is 0 Å². The fourth-order valence-corrected chi connectivity index (χ4v) is 1.77. The second-order valence-electron chi connectivity index (χ2n) is 2.40. The fraction of sp³-hybridized carbons (Fsp3) is 0.429. The number of hydrogen-bond donors (Lipinski definition) is 3. The molecule has 3 nitrogen and oxygen atoms in total. The van der Waals surface area contributed by atoms with Crippen molar-refractivity contribution in [2.24, 2.45) is 5.73 Å². The van der Waals surface area contributed by atoms with Crippen LogP contribution in [-0.4, -0.2) is 16.8 Å². The normalized spacial score (nSPS) is 13.4. The average Bonchev–Trinajstić information content (AvgIpc) is 2.28. The van der Waals surface area contributed by atoms with Crippen molar-refractivity contribution in [3.63, 3.8) is 0 Å². The number of aromatic hydroxyl groups is 1. The summed E-state index contributed by atoms with van der Waals surface area (Å²) in [7, 11) is 0. The lowest BCUT2D eigenvalue weighted by atomic mass is 10.2. The molecule has 0 amide bonds. The van der Waals surface area contributed by atoms with Crippen molar-refractivity contribution in [3.05, 3.63) is 15.8 Å². The van der Waals surface area contributed by atoms with Gasteiger partial charge < -0.3 is 15.9 Å². The Labute approximate surface area is 69.1 Å². The van der Waals surface area contributed by atoms with Crippen LogP contribution in [0.1, 0.15) is 15.8 Å². The molecule has 1 atom stereocenters. The summed E-state index contributed by atoms with van der Waals surface area (Å²) in [5.74, 6) is 0.189. The molecule has 62 valence electrons. The van der Waals surface area contributed by atoms with E-state index in [4.69, 9.17) is 10.8 Å². The van der Waals surface area contributed by atoms with Crippen LogP contribution in [0.25, 0.3) is 0 Å². The molecule has 1 unspecified atom stereocenters. The zero-order valence-corrected chi connectivity index (χ0v) is 7.06. The van der Waals surface area contributed by atoms with E-state index in [0.29, 0.717) is 4.88 Å². The lowest BCUT2D eigenvalue weighted by Crippen LogP contribution is -2.12. The Morgan fingerprint density at radius 3 is 2.73 bits per heavy atom. The molecule has 0 aliphatic heterocycles. The molecule has 0 aromatic carbocycles. The van der Waals surface area contributed by atoms with Crippen LogP contribution in [0.5, 0.6) is 5.75 Å². The number of aliphatic hydroxyl groups is 1. The summed E-state index contributed by atoms with van der Waals surface area (Å²) in [5.41, 5.74) is 5.51. The Bertz CT molecular complexity index is 247. The Morgan fingerprint density at radius 1 is 1.73 bits per heavy atom. The van der Waals surface area contributed by atoms with Crippen LogP contribution in [0.15, 0.2) is 6.07 Å². The van der Waals surface area contributed by atoms with Gasteiger partial charge >= 0.3 is 0 Å². The highest BCUT2D eigenvalue weighted by Gasteiger charge is 2.12. The molecule has 4 N–H and O–H groups in total. The van der Waals surface area contributed by atoms with E-state index in [1.165, 1.54) is 11.3 Å². The minimum atomic E-state index is -0.450. The summed E-state index contributed by atoms with van der Waals surface area (Å²) in [6, 6.07) is 1.20. The maximum Gasteiger partial charge on any atom is 0.131 e. The number of rotatable bonds is 2. The Kier molecular flexibility index (Phi) is 2.49. The molecule has 0 bridgehead atoms. The first-order valence-electron chi connectivity index (χ1n) is 3.31. The molecule has 1 aromatic heterocycles. The lowest BCUT2D eigenvalue weighted by Gasteiger charge is -2.04. The van der Waals surface area contributed by atoms with E-state index in [1.54, 1.807) is 6.07 Å². The van der Waals surface area contributed by atoms with E-state index in [2.05, 4.69) is 0 Å².